The maximum absolute atomic E-state index is 14.3. The Morgan fingerprint density at radius 3 is 2.18 bits per heavy atom. The maximum Gasteiger partial charge on any atom is 0.501 e. The molecule has 66 heavy (non-hydrogen) atoms. The average Bonchev–Trinajstić information content (AvgIpc) is 4.16. The van der Waals surface area contributed by atoms with Crippen molar-refractivity contribution in [1.82, 2.24) is 14.9 Å². The topological polar surface area (TPSA) is 137 Å². The molecule has 10 nitrogen and oxygen atoms in total. The number of carbonyl (C=O) groups excluding carboxylic acids is 1. The number of hydrogen-bond acceptors (Lipinski definition) is 10. The molecule has 2 aliphatic rings. The number of sulfone groups is 1. The number of thioether (sulfide) groups is 1. The van der Waals surface area contributed by atoms with Crippen molar-refractivity contribution >= 4 is 66.1 Å². The molecule has 1 atom stereocenters. The van der Waals surface area contributed by atoms with Crippen LogP contribution in [0.1, 0.15) is 66.4 Å². The van der Waals surface area contributed by atoms with Gasteiger partial charge in [-0.1, -0.05) is 77.8 Å². The summed E-state index contributed by atoms with van der Waals surface area (Å²) in [7, 11) is -10.9. The van der Waals surface area contributed by atoms with Crippen LogP contribution in [-0.2, 0) is 26.4 Å². The lowest BCUT2D eigenvalue weighted by atomic mass is 9.87. The first kappa shape index (κ1) is 49.1. The van der Waals surface area contributed by atoms with E-state index in [9.17, 15) is 34.8 Å². The van der Waals surface area contributed by atoms with E-state index in [2.05, 4.69) is 33.0 Å². The van der Waals surface area contributed by atoms with Crippen molar-refractivity contribution in [3.05, 3.63) is 155 Å². The predicted molar refractivity (Wildman–Crippen MR) is 258 cm³/mol. The molecule has 5 aromatic rings. The average molecular weight is 981 g/mol. The lowest BCUT2D eigenvalue weighted by molar-refractivity contribution is -0.0435. The van der Waals surface area contributed by atoms with Gasteiger partial charge >= 0.3 is 5.51 Å². The zero-order valence-electron chi connectivity index (χ0n) is 36.2. The fourth-order valence-electron chi connectivity index (χ4n) is 7.91. The van der Waals surface area contributed by atoms with Gasteiger partial charge in [0.05, 0.1) is 10.6 Å². The molecule has 2 aliphatic carbocycles. The highest BCUT2D eigenvalue weighted by Crippen LogP contribution is 2.37. The Morgan fingerprint density at radius 1 is 0.818 bits per heavy atom. The van der Waals surface area contributed by atoms with Crippen LogP contribution in [-0.4, -0.2) is 77.2 Å². The van der Waals surface area contributed by atoms with Crippen molar-refractivity contribution in [2.24, 2.45) is 0 Å². The highest BCUT2D eigenvalue weighted by molar-refractivity contribution is 7.99. The number of nitrogens with one attached hydrogen (secondary N) is 4. The Bertz CT molecular complexity index is 2670. The molecule has 0 bridgehead atoms. The Kier molecular flexibility index (Phi) is 16.6. The second-order valence-electron chi connectivity index (χ2n) is 16.5. The van der Waals surface area contributed by atoms with Crippen LogP contribution in [0.5, 0.6) is 0 Å². The molecular weight excluding hydrogens is 927 g/mol. The second kappa shape index (κ2) is 22.3. The lowest BCUT2D eigenvalue weighted by Crippen LogP contribution is -2.34. The fraction of sp³-hybridized carbons (Fsp3) is 0.327. The first-order valence-electron chi connectivity index (χ1n) is 21.9. The van der Waals surface area contributed by atoms with E-state index < -0.39 is 52.8 Å². The fourth-order valence-corrected chi connectivity index (χ4v) is 11.1. The quantitative estimate of drug-likeness (QED) is 0.0392. The summed E-state index contributed by atoms with van der Waals surface area (Å²) in [5, 5.41) is 10.5. The maximum atomic E-state index is 14.3. The van der Waals surface area contributed by atoms with Crippen molar-refractivity contribution in [1.29, 1.82) is 0 Å². The van der Waals surface area contributed by atoms with Crippen LogP contribution in [0.3, 0.4) is 0 Å². The molecule has 1 fully saturated rings. The van der Waals surface area contributed by atoms with E-state index in [-0.39, 0.29) is 5.56 Å². The molecule has 350 valence electrons. The molecular formula is C49H53ClF3N5O5S3. The van der Waals surface area contributed by atoms with Crippen LogP contribution >= 0.6 is 23.4 Å². The standard InChI is InChI=1S/C49H53ClF3N5O5S3/c50-39-19-15-36(16-20-39)45-14-8-7-11-38(45)32-54-28-29-55-40-21-17-37(18-22-40)48(59)57-66(62,63)44-25-26-46(47(31-44)65(60,61)49(51,52)53)56-41(34-64-43-12-5-2-6-13-43)27-30-58(42-23-24-42)33-35-9-3-1-4-10-35/h1-6,9-10,12-13,15-22,25-26,31,41-42,54-56H,7-8,11,14,23-24,27-30,32-34H2,(H,57,59)/t41-/m1/s1. The molecule has 0 spiro atoms. The minimum absolute atomic E-state index is 0.0334. The van der Waals surface area contributed by atoms with Crippen molar-refractivity contribution in [3.8, 4) is 0 Å². The first-order valence-corrected chi connectivity index (χ1v) is 26.3. The molecule has 0 aliphatic heterocycles. The highest BCUT2D eigenvalue weighted by atomic mass is 35.5. The van der Waals surface area contributed by atoms with Gasteiger partial charge in [-0.25, -0.2) is 21.6 Å². The third-order valence-electron chi connectivity index (χ3n) is 11.6. The van der Waals surface area contributed by atoms with E-state index in [1.165, 1.54) is 40.6 Å². The number of amides is 1. The number of carbonyl (C=O) groups is 1. The summed E-state index contributed by atoms with van der Waals surface area (Å²) in [5.41, 5.74) is -0.458. The molecule has 0 aromatic heterocycles. The zero-order chi connectivity index (χ0) is 46.7. The number of halogens is 4. The summed E-state index contributed by atoms with van der Waals surface area (Å²) < 4.78 is 98.1. The number of allylic oxidation sites excluding steroid dienone is 1. The van der Waals surface area contributed by atoms with Gasteiger partial charge in [0, 0.05) is 71.7 Å². The van der Waals surface area contributed by atoms with Gasteiger partial charge in [-0.3, -0.25) is 9.69 Å². The number of nitrogens with zero attached hydrogens (tertiary/aromatic N) is 1. The van der Waals surface area contributed by atoms with E-state index in [0.717, 1.165) is 67.7 Å². The molecule has 1 saturated carbocycles. The van der Waals surface area contributed by atoms with Crippen LogP contribution in [0.4, 0.5) is 24.5 Å². The van der Waals surface area contributed by atoms with Crippen molar-refractivity contribution in [2.45, 2.75) is 83.8 Å². The van der Waals surface area contributed by atoms with E-state index in [0.29, 0.717) is 61.2 Å². The SMILES string of the molecule is O=C(NS(=O)(=O)c1ccc(N[C@H](CCN(Cc2ccccc2)C2CC2)CSc2ccccc2)c(S(=O)(=O)C(F)(F)F)c1)c1ccc(NCCNCC2=C(c3ccc(Cl)cc3)CCCC2)cc1. The van der Waals surface area contributed by atoms with Gasteiger partial charge in [0.25, 0.3) is 25.8 Å². The summed E-state index contributed by atoms with van der Waals surface area (Å²) in [4.78, 5) is 14.4. The minimum Gasteiger partial charge on any atom is -0.384 e. The van der Waals surface area contributed by atoms with Gasteiger partial charge in [-0.05, 0) is 128 Å². The summed E-state index contributed by atoms with van der Waals surface area (Å²) in [5.74, 6) is -0.678. The third-order valence-corrected chi connectivity index (χ3v) is 15.9. The first-order chi connectivity index (χ1) is 31.7. The van der Waals surface area contributed by atoms with Crippen LogP contribution in [0, 0.1) is 0 Å². The van der Waals surface area contributed by atoms with Gasteiger partial charge < -0.3 is 16.0 Å². The number of hydrogen-bond donors (Lipinski definition) is 4. The van der Waals surface area contributed by atoms with Crippen LogP contribution in [0.25, 0.3) is 5.57 Å². The number of anilines is 2. The summed E-state index contributed by atoms with van der Waals surface area (Å²) >= 11 is 7.56. The predicted octanol–water partition coefficient (Wildman–Crippen LogP) is 10.4. The normalized spacial score (nSPS) is 15.1. The molecule has 17 heteroatoms. The zero-order valence-corrected chi connectivity index (χ0v) is 39.4. The van der Waals surface area contributed by atoms with E-state index >= 15 is 0 Å². The van der Waals surface area contributed by atoms with Crippen molar-refractivity contribution in [2.75, 3.05) is 42.6 Å². The molecule has 5 aromatic carbocycles. The Labute approximate surface area is 394 Å². The number of rotatable bonds is 22. The minimum atomic E-state index is -6.07. The van der Waals surface area contributed by atoms with Gasteiger partial charge in [0.2, 0.25) is 0 Å². The van der Waals surface area contributed by atoms with Gasteiger partial charge in [0.1, 0.15) is 4.90 Å². The van der Waals surface area contributed by atoms with Gasteiger partial charge in [-0.15, -0.1) is 11.8 Å². The van der Waals surface area contributed by atoms with Gasteiger partial charge in [-0.2, -0.15) is 13.2 Å². The van der Waals surface area contributed by atoms with Crippen molar-refractivity contribution < 1.29 is 34.8 Å². The summed E-state index contributed by atoms with van der Waals surface area (Å²) in [6.45, 7) is 3.23. The largest absolute Gasteiger partial charge is 0.501 e. The molecule has 0 heterocycles. The number of benzene rings is 5. The monoisotopic (exact) mass is 979 g/mol. The van der Waals surface area contributed by atoms with E-state index in [1.54, 1.807) is 12.1 Å². The number of sulfonamides is 1. The highest BCUT2D eigenvalue weighted by Gasteiger charge is 2.48. The third kappa shape index (κ3) is 13.4. The smallest absolute Gasteiger partial charge is 0.384 e. The van der Waals surface area contributed by atoms with Crippen LogP contribution < -0.4 is 20.7 Å². The summed E-state index contributed by atoms with van der Waals surface area (Å²) in [6.07, 6.45) is 6.83. The Morgan fingerprint density at radius 2 is 1.50 bits per heavy atom. The molecule has 4 N–H and O–H groups in total. The molecule has 0 radical (unpaired) electrons. The Hall–Kier alpha value is -4.84. The molecule has 1 amide bonds. The lowest BCUT2D eigenvalue weighted by Gasteiger charge is -2.27. The van der Waals surface area contributed by atoms with Crippen LogP contribution in [0.15, 0.2) is 148 Å². The second-order valence-corrected chi connectivity index (χ2v) is 21.6. The number of alkyl halides is 3. The molecule has 0 saturated heterocycles. The molecule has 7 rings (SSSR count). The Balaban J connectivity index is 1.01. The van der Waals surface area contributed by atoms with E-state index in [1.807, 2.05) is 77.5 Å². The van der Waals surface area contributed by atoms with Crippen molar-refractivity contribution in [3.63, 3.8) is 0 Å². The van der Waals surface area contributed by atoms with Crippen LogP contribution in [0.2, 0.25) is 5.02 Å². The van der Waals surface area contributed by atoms with Gasteiger partial charge in [0.15, 0.2) is 0 Å². The summed E-state index contributed by atoms with van der Waals surface area (Å²) in [6, 6.07) is 35.6. The van der Waals surface area contributed by atoms with E-state index in [4.69, 9.17) is 11.6 Å². The molecule has 0 unspecified atom stereocenters.